The van der Waals surface area contributed by atoms with Crippen LogP contribution in [0.15, 0.2) is 60.9 Å². The summed E-state index contributed by atoms with van der Waals surface area (Å²) in [5, 5.41) is 5.56. The number of aryl methyl sites for hydroxylation is 1. The van der Waals surface area contributed by atoms with E-state index in [2.05, 4.69) is 15.6 Å². The van der Waals surface area contributed by atoms with E-state index in [1.807, 2.05) is 0 Å². The lowest BCUT2D eigenvalue weighted by Gasteiger charge is -2.16. The van der Waals surface area contributed by atoms with Gasteiger partial charge in [0, 0.05) is 23.8 Å². The molecule has 0 spiro atoms. The van der Waals surface area contributed by atoms with Crippen molar-refractivity contribution in [2.24, 2.45) is 0 Å². The highest BCUT2D eigenvalue weighted by atomic mass is 35.5. The van der Waals surface area contributed by atoms with E-state index in [-0.39, 0.29) is 16.9 Å². The summed E-state index contributed by atoms with van der Waals surface area (Å²) in [6, 6.07) is 11.0. The van der Waals surface area contributed by atoms with Gasteiger partial charge in [0.05, 0.1) is 34.2 Å². The molecule has 34 heavy (non-hydrogen) atoms. The molecule has 174 valence electrons. The van der Waals surface area contributed by atoms with Crippen LogP contribution in [0, 0.1) is 6.92 Å². The molecule has 2 heterocycles. The number of hydrogen-bond donors (Lipinski definition) is 2. The lowest BCUT2D eigenvalue weighted by atomic mass is 10.0. The van der Waals surface area contributed by atoms with Crippen LogP contribution < -0.4 is 10.6 Å². The van der Waals surface area contributed by atoms with Crippen LogP contribution in [-0.4, -0.2) is 28.2 Å². The number of aromatic nitrogens is 2. The van der Waals surface area contributed by atoms with E-state index in [1.54, 1.807) is 35.7 Å². The van der Waals surface area contributed by atoms with Gasteiger partial charge in [-0.25, -0.2) is 4.98 Å². The van der Waals surface area contributed by atoms with Gasteiger partial charge >= 0.3 is 6.18 Å². The Morgan fingerprint density at radius 1 is 1.06 bits per heavy atom. The topological polar surface area (TPSA) is 75.5 Å². The predicted molar refractivity (Wildman–Crippen MR) is 123 cm³/mol. The minimum absolute atomic E-state index is 0.0272. The SMILES string of the molecule is CNC(=O)c1cc(Cl)cc(C)c1NC(=O)c1ncc2cccn2c1-c1ccc(C(F)(F)F)cc1. The number of carbonyl (C=O) groups is 2. The van der Waals surface area contributed by atoms with Gasteiger partial charge in [-0.1, -0.05) is 23.7 Å². The van der Waals surface area contributed by atoms with Gasteiger partial charge < -0.3 is 15.0 Å². The average Bonchev–Trinajstić information content (AvgIpc) is 3.27. The maximum absolute atomic E-state index is 13.4. The highest BCUT2D eigenvalue weighted by molar-refractivity contribution is 6.31. The van der Waals surface area contributed by atoms with Gasteiger partial charge in [-0.05, 0) is 48.9 Å². The molecule has 0 unspecified atom stereocenters. The molecule has 0 aliphatic carbocycles. The van der Waals surface area contributed by atoms with Crippen molar-refractivity contribution in [1.82, 2.24) is 14.7 Å². The fourth-order valence-corrected chi connectivity index (χ4v) is 3.94. The summed E-state index contributed by atoms with van der Waals surface area (Å²) in [6.07, 6.45) is -1.32. The Labute approximate surface area is 197 Å². The number of carbonyl (C=O) groups excluding carboxylic acids is 2. The fraction of sp³-hybridized carbons (Fsp3) is 0.125. The Bertz CT molecular complexity index is 1410. The summed E-state index contributed by atoms with van der Waals surface area (Å²) in [4.78, 5) is 30.0. The predicted octanol–water partition coefficient (Wildman–Crippen LogP) is 5.59. The van der Waals surface area contributed by atoms with E-state index in [1.165, 1.54) is 31.4 Å². The summed E-state index contributed by atoms with van der Waals surface area (Å²) in [5.41, 5.74) is 1.47. The summed E-state index contributed by atoms with van der Waals surface area (Å²) in [5.74, 6) is -1.08. The van der Waals surface area contributed by atoms with Crippen LogP contribution in [0.1, 0.15) is 32.0 Å². The number of halogens is 4. The molecule has 4 rings (SSSR count). The first-order valence-electron chi connectivity index (χ1n) is 10.1. The Hall–Kier alpha value is -3.85. The summed E-state index contributed by atoms with van der Waals surface area (Å²) >= 11 is 6.09. The molecule has 4 aromatic rings. The lowest BCUT2D eigenvalue weighted by molar-refractivity contribution is -0.137. The summed E-state index contributed by atoms with van der Waals surface area (Å²) < 4.78 is 40.8. The third-order valence-corrected chi connectivity index (χ3v) is 5.50. The number of nitrogens with one attached hydrogen (secondary N) is 2. The second kappa shape index (κ2) is 8.83. The smallest absolute Gasteiger partial charge is 0.355 e. The van der Waals surface area contributed by atoms with E-state index in [4.69, 9.17) is 11.6 Å². The minimum atomic E-state index is -4.49. The third-order valence-electron chi connectivity index (χ3n) is 5.28. The average molecular weight is 487 g/mol. The summed E-state index contributed by atoms with van der Waals surface area (Å²) in [6.45, 7) is 1.69. The molecule has 0 aliphatic heterocycles. The number of benzene rings is 2. The van der Waals surface area contributed by atoms with Crippen molar-refractivity contribution in [1.29, 1.82) is 0 Å². The number of anilines is 1. The molecule has 0 aliphatic rings. The van der Waals surface area contributed by atoms with Gasteiger partial charge in [0.1, 0.15) is 0 Å². The molecule has 0 atom stereocenters. The molecule has 6 nitrogen and oxygen atoms in total. The zero-order valence-electron chi connectivity index (χ0n) is 18.0. The first-order valence-corrected chi connectivity index (χ1v) is 10.4. The zero-order chi connectivity index (χ0) is 24.6. The molecule has 0 saturated heterocycles. The number of hydrogen-bond acceptors (Lipinski definition) is 3. The number of fused-ring (bicyclic) bond motifs is 1. The van der Waals surface area contributed by atoms with E-state index in [0.717, 1.165) is 12.1 Å². The molecule has 0 fully saturated rings. The van der Waals surface area contributed by atoms with E-state index in [0.29, 0.717) is 27.4 Å². The molecular formula is C24H18ClF3N4O2. The van der Waals surface area contributed by atoms with Crippen LogP contribution in [0.3, 0.4) is 0 Å². The van der Waals surface area contributed by atoms with Crippen molar-refractivity contribution in [3.63, 3.8) is 0 Å². The number of nitrogens with zero attached hydrogens (tertiary/aromatic N) is 2. The van der Waals surface area contributed by atoms with E-state index < -0.39 is 23.6 Å². The van der Waals surface area contributed by atoms with Crippen molar-refractivity contribution < 1.29 is 22.8 Å². The van der Waals surface area contributed by atoms with Gasteiger partial charge in [0.25, 0.3) is 11.8 Å². The standard InChI is InChI=1S/C24H18ClF3N4O2/c1-13-10-16(25)11-18(22(33)29-2)19(13)31-23(34)20-21(32-9-3-4-17(32)12-30-20)14-5-7-15(8-6-14)24(26,27)28/h3-12H,1-2H3,(H,29,33)(H,31,34). The first kappa shape index (κ1) is 23.3. The zero-order valence-corrected chi connectivity index (χ0v) is 18.8. The van der Waals surface area contributed by atoms with Gasteiger partial charge in [-0.15, -0.1) is 0 Å². The van der Waals surface area contributed by atoms with Crippen LogP contribution in [-0.2, 0) is 6.18 Å². The van der Waals surface area contributed by atoms with Crippen LogP contribution in [0.4, 0.5) is 18.9 Å². The van der Waals surface area contributed by atoms with Crippen molar-refractivity contribution in [3.8, 4) is 11.3 Å². The van der Waals surface area contributed by atoms with Crippen molar-refractivity contribution in [3.05, 3.63) is 88.3 Å². The Morgan fingerprint density at radius 3 is 2.41 bits per heavy atom. The van der Waals surface area contributed by atoms with Crippen LogP contribution >= 0.6 is 11.6 Å². The number of alkyl halides is 3. The van der Waals surface area contributed by atoms with Gasteiger partial charge in [0.2, 0.25) is 0 Å². The highest BCUT2D eigenvalue weighted by Gasteiger charge is 2.30. The largest absolute Gasteiger partial charge is 0.416 e. The van der Waals surface area contributed by atoms with Crippen molar-refractivity contribution in [2.45, 2.75) is 13.1 Å². The van der Waals surface area contributed by atoms with Gasteiger partial charge in [-0.3, -0.25) is 9.59 Å². The van der Waals surface area contributed by atoms with Crippen LogP contribution in [0.5, 0.6) is 0 Å². The van der Waals surface area contributed by atoms with Crippen molar-refractivity contribution >= 4 is 34.6 Å². The lowest BCUT2D eigenvalue weighted by Crippen LogP contribution is -2.23. The van der Waals surface area contributed by atoms with E-state index >= 15 is 0 Å². The second-order valence-electron chi connectivity index (χ2n) is 7.51. The second-order valence-corrected chi connectivity index (χ2v) is 7.95. The van der Waals surface area contributed by atoms with Crippen molar-refractivity contribution in [2.75, 3.05) is 12.4 Å². The normalized spacial score (nSPS) is 11.5. The van der Waals surface area contributed by atoms with Gasteiger partial charge in [-0.2, -0.15) is 13.2 Å². The monoisotopic (exact) mass is 486 g/mol. The molecule has 0 saturated carbocycles. The fourth-order valence-electron chi connectivity index (χ4n) is 3.66. The first-order chi connectivity index (χ1) is 16.1. The van der Waals surface area contributed by atoms with Crippen LogP contribution in [0.2, 0.25) is 5.02 Å². The molecule has 0 bridgehead atoms. The number of rotatable bonds is 4. The third kappa shape index (κ3) is 4.34. The maximum atomic E-state index is 13.4. The highest BCUT2D eigenvalue weighted by Crippen LogP contribution is 2.33. The van der Waals surface area contributed by atoms with Crippen LogP contribution in [0.25, 0.3) is 16.8 Å². The molecule has 2 aromatic carbocycles. The molecular weight excluding hydrogens is 469 g/mol. The summed E-state index contributed by atoms with van der Waals surface area (Å²) in [7, 11) is 1.45. The van der Waals surface area contributed by atoms with E-state index in [9.17, 15) is 22.8 Å². The molecule has 2 aromatic heterocycles. The Kier molecular flexibility index (Phi) is 6.05. The van der Waals surface area contributed by atoms with Gasteiger partial charge in [0.15, 0.2) is 5.69 Å². The maximum Gasteiger partial charge on any atom is 0.416 e. The minimum Gasteiger partial charge on any atom is -0.355 e. The molecule has 10 heteroatoms. The molecule has 0 radical (unpaired) electrons. The Morgan fingerprint density at radius 2 is 1.76 bits per heavy atom. The number of amides is 2. The molecule has 2 N–H and O–H groups in total. The quantitative estimate of drug-likeness (QED) is 0.394. The molecule has 2 amide bonds. The Balaban J connectivity index is 1.83.